The number of carbonyl (C=O) groups is 1. The van der Waals surface area contributed by atoms with E-state index >= 15 is 0 Å². The van der Waals surface area contributed by atoms with E-state index in [1.807, 2.05) is 0 Å². The lowest BCUT2D eigenvalue weighted by molar-refractivity contribution is -0.117. The fraction of sp³-hybridized carbons (Fsp3) is 0.235. The van der Waals surface area contributed by atoms with Gasteiger partial charge in [0.25, 0.3) is 0 Å². The number of benzene rings is 2. The van der Waals surface area contributed by atoms with Crippen LogP contribution in [0, 0.1) is 0 Å². The molecule has 0 bridgehead atoms. The first kappa shape index (κ1) is 19.6. The highest BCUT2D eigenvalue weighted by Crippen LogP contribution is 2.26. The van der Waals surface area contributed by atoms with Crippen LogP contribution in [0.5, 0.6) is 0 Å². The fourth-order valence-corrected chi connectivity index (χ4v) is 3.95. The van der Waals surface area contributed by atoms with Gasteiger partial charge in [0.15, 0.2) is 0 Å². The zero-order chi connectivity index (χ0) is 18.6. The van der Waals surface area contributed by atoms with Gasteiger partial charge in [-0.15, -0.1) is 0 Å². The molecule has 1 amide bonds. The number of amides is 1. The molecule has 0 saturated heterocycles. The predicted octanol–water partition coefficient (Wildman–Crippen LogP) is 4.18. The highest BCUT2D eigenvalue weighted by atomic mass is 35.5. The molecule has 8 heteroatoms. The Labute approximate surface area is 157 Å². The topological polar surface area (TPSA) is 66.5 Å². The number of anilines is 2. The number of hydrogen-bond acceptors (Lipinski definition) is 3. The highest BCUT2D eigenvalue weighted by molar-refractivity contribution is 7.92. The number of hydrogen-bond donors (Lipinski definition) is 1. The van der Waals surface area contributed by atoms with Crippen LogP contribution in [0.25, 0.3) is 0 Å². The molecule has 2 aromatic rings. The molecule has 0 spiro atoms. The Morgan fingerprint density at radius 3 is 2.24 bits per heavy atom. The van der Waals surface area contributed by atoms with Crippen LogP contribution in [0.2, 0.25) is 10.0 Å². The van der Waals surface area contributed by atoms with Crippen molar-refractivity contribution in [2.75, 3.05) is 15.9 Å². The molecular formula is C17H18Cl2N2O3S. The van der Waals surface area contributed by atoms with Crippen LogP contribution in [-0.2, 0) is 14.8 Å². The number of rotatable bonds is 6. The van der Waals surface area contributed by atoms with Crippen LogP contribution in [0.1, 0.15) is 13.3 Å². The van der Waals surface area contributed by atoms with Gasteiger partial charge in [-0.05, 0) is 42.8 Å². The summed E-state index contributed by atoms with van der Waals surface area (Å²) < 4.78 is 25.7. The molecule has 0 unspecified atom stereocenters. The first-order valence-electron chi connectivity index (χ1n) is 7.54. The average molecular weight is 401 g/mol. The Morgan fingerprint density at radius 1 is 1.12 bits per heavy atom. The third-order valence-electron chi connectivity index (χ3n) is 3.54. The van der Waals surface area contributed by atoms with Crippen molar-refractivity contribution < 1.29 is 13.2 Å². The van der Waals surface area contributed by atoms with Gasteiger partial charge in [0.2, 0.25) is 15.9 Å². The summed E-state index contributed by atoms with van der Waals surface area (Å²) in [5.74, 6) is -0.462. The van der Waals surface area contributed by atoms with E-state index in [-0.39, 0.29) is 6.42 Å². The normalized spacial score (nSPS) is 12.5. The summed E-state index contributed by atoms with van der Waals surface area (Å²) in [6, 6.07) is 12.1. The van der Waals surface area contributed by atoms with E-state index < -0.39 is 22.0 Å². The molecular weight excluding hydrogens is 383 g/mol. The zero-order valence-electron chi connectivity index (χ0n) is 13.7. The fourth-order valence-electron chi connectivity index (χ4n) is 2.43. The molecule has 0 aromatic heterocycles. The number of sulfonamides is 1. The van der Waals surface area contributed by atoms with Gasteiger partial charge in [-0.3, -0.25) is 9.10 Å². The van der Waals surface area contributed by atoms with Crippen LogP contribution < -0.4 is 9.62 Å². The molecule has 25 heavy (non-hydrogen) atoms. The molecule has 1 N–H and O–H groups in total. The third-order valence-corrected chi connectivity index (χ3v) is 5.30. The van der Waals surface area contributed by atoms with E-state index in [1.165, 1.54) is 0 Å². The third kappa shape index (κ3) is 4.87. The first-order valence-corrected chi connectivity index (χ1v) is 10.1. The SMILES string of the molecule is CC[C@@H](C(=O)Nc1ccccc1Cl)N(c1ccc(Cl)cc1)S(C)(=O)=O. The summed E-state index contributed by atoms with van der Waals surface area (Å²) >= 11 is 11.9. The molecule has 5 nitrogen and oxygen atoms in total. The summed E-state index contributed by atoms with van der Waals surface area (Å²) in [6.07, 6.45) is 1.35. The average Bonchev–Trinajstić information content (AvgIpc) is 2.54. The highest BCUT2D eigenvalue weighted by Gasteiger charge is 2.31. The lowest BCUT2D eigenvalue weighted by Crippen LogP contribution is -2.47. The van der Waals surface area contributed by atoms with Gasteiger partial charge in [0.1, 0.15) is 6.04 Å². The van der Waals surface area contributed by atoms with Gasteiger partial charge in [0.05, 0.1) is 22.7 Å². The molecule has 2 rings (SSSR count). The van der Waals surface area contributed by atoms with E-state index in [2.05, 4.69) is 5.32 Å². The van der Waals surface area contributed by atoms with Gasteiger partial charge in [-0.2, -0.15) is 0 Å². The smallest absolute Gasteiger partial charge is 0.248 e. The second kappa shape index (κ2) is 8.08. The van der Waals surface area contributed by atoms with Gasteiger partial charge in [-0.25, -0.2) is 8.42 Å². The summed E-state index contributed by atoms with van der Waals surface area (Å²) in [7, 11) is -3.69. The monoisotopic (exact) mass is 400 g/mol. The number of carbonyl (C=O) groups excluding carboxylic acids is 1. The Balaban J connectivity index is 2.38. The largest absolute Gasteiger partial charge is 0.323 e. The number of para-hydroxylation sites is 1. The molecule has 0 aliphatic carbocycles. The molecule has 134 valence electrons. The lowest BCUT2D eigenvalue weighted by atomic mass is 10.2. The quantitative estimate of drug-likeness (QED) is 0.790. The summed E-state index contributed by atoms with van der Waals surface area (Å²) in [5.41, 5.74) is 0.797. The van der Waals surface area contributed by atoms with E-state index in [4.69, 9.17) is 23.2 Å². The second-order valence-corrected chi connectivity index (χ2v) is 8.13. The summed E-state index contributed by atoms with van der Waals surface area (Å²) in [6.45, 7) is 1.74. The number of nitrogens with one attached hydrogen (secondary N) is 1. The number of nitrogens with zero attached hydrogens (tertiary/aromatic N) is 1. The van der Waals surface area contributed by atoms with Crippen molar-refractivity contribution in [3.63, 3.8) is 0 Å². The minimum absolute atomic E-state index is 0.284. The summed E-state index contributed by atoms with van der Waals surface area (Å²) in [5, 5.41) is 3.55. The molecule has 1 atom stereocenters. The van der Waals surface area contributed by atoms with Gasteiger partial charge < -0.3 is 5.32 Å². The second-order valence-electron chi connectivity index (χ2n) is 5.43. The van der Waals surface area contributed by atoms with Crippen LogP contribution in [0.4, 0.5) is 11.4 Å². The maximum Gasteiger partial charge on any atom is 0.248 e. The Kier molecular flexibility index (Phi) is 6.32. The molecule has 0 aliphatic rings. The van der Waals surface area contributed by atoms with Crippen molar-refractivity contribution in [3.05, 3.63) is 58.6 Å². The zero-order valence-corrected chi connectivity index (χ0v) is 16.1. The van der Waals surface area contributed by atoms with Gasteiger partial charge in [-0.1, -0.05) is 42.3 Å². The predicted molar refractivity (Wildman–Crippen MR) is 103 cm³/mol. The maximum absolute atomic E-state index is 12.7. The van der Waals surface area contributed by atoms with Gasteiger partial charge >= 0.3 is 0 Å². The van der Waals surface area contributed by atoms with E-state index in [1.54, 1.807) is 55.5 Å². The van der Waals surface area contributed by atoms with Crippen molar-refractivity contribution in [1.82, 2.24) is 0 Å². The molecule has 0 radical (unpaired) electrons. The minimum atomic E-state index is -3.69. The van der Waals surface area contributed by atoms with Crippen LogP contribution in [0.3, 0.4) is 0 Å². The molecule has 0 heterocycles. The molecule has 0 fully saturated rings. The van der Waals surface area contributed by atoms with Crippen molar-refractivity contribution in [1.29, 1.82) is 0 Å². The Morgan fingerprint density at radius 2 is 1.72 bits per heavy atom. The molecule has 0 saturated carbocycles. The number of halogens is 2. The van der Waals surface area contributed by atoms with E-state index in [0.717, 1.165) is 10.6 Å². The molecule has 0 aliphatic heterocycles. The molecule has 2 aromatic carbocycles. The van der Waals surface area contributed by atoms with E-state index in [9.17, 15) is 13.2 Å². The van der Waals surface area contributed by atoms with Crippen LogP contribution in [0.15, 0.2) is 48.5 Å². The van der Waals surface area contributed by atoms with E-state index in [0.29, 0.717) is 21.4 Å². The Hall–Kier alpha value is -1.76. The van der Waals surface area contributed by atoms with Crippen molar-refractivity contribution >= 4 is 50.5 Å². The summed E-state index contributed by atoms with van der Waals surface area (Å²) in [4.78, 5) is 12.7. The minimum Gasteiger partial charge on any atom is -0.323 e. The first-order chi connectivity index (χ1) is 11.7. The van der Waals surface area contributed by atoms with Crippen LogP contribution >= 0.6 is 23.2 Å². The standard InChI is InChI=1S/C17H18Cl2N2O3S/c1-3-16(17(22)20-15-7-5-4-6-14(15)19)21(25(2,23)24)13-10-8-12(18)9-11-13/h4-11,16H,3H2,1-2H3,(H,20,22)/t16-/m0/s1. The maximum atomic E-state index is 12.7. The van der Waals surface area contributed by atoms with Gasteiger partial charge in [0, 0.05) is 5.02 Å². The lowest BCUT2D eigenvalue weighted by Gasteiger charge is -2.30. The van der Waals surface area contributed by atoms with Crippen LogP contribution in [-0.4, -0.2) is 26.6 Å². The van der Waals surface area contributed by atoms with Crippen molar-refractivity contribution in [3.8, 4) is 0 Å². The van der Waals surface area contributed by atoms with Crippen molar-refractivity contribution in [2.24, 2.45) is 0 Å². The Bertz CT molecular complexity index is 854. The van der Waals surface area contributed by atoms with Crippen molar-refractivity contribution in [2.45, 2.75) is 19.4 Å².